The van der Waals surface area contributed by atoms with Gasteiger partial charge in [0.05, 0.1) is 16.5 Å². The minimum atomic E-state index is -1.05. The summed E-state index contributed by atoms with van der Waals surface area (Å²) in [6.45, 7) is 4.72. The molecule has 0 unspecified atom stereocenters. The molecule has 2 amide bonds. The van der Waals surface area contributed by atoms with Gasteiger partial charge in [-0.1, -0.05) is 26.0 Å². The maximum Gasteiger partial charge on any atom is 0.338 e. The van der Waals surface area contributed by atoms with Crippen LogP contribution in [0.2, 0.25) is 0 Å². The van der Waals surface area contributed by atoms with Crippen LogP contribution in [0.1, 0.15) is 40.8 Å². The smallest absolute Gasteiger partial charge is 0.338 e. The van der Waals surface area contributed by atoms with Crippen molar-refractivity contribution in [3.63, 3.8) is 0 Å². The summed E-state index contributed by atoms with van der Waals surface area (Å²) in [6, 6.07) is 11.8. The molecule has 0 saturated carbocycles. The lowest BCUT2D eigenvalue weighted by molar-refractivity contribution is -0.125. The number of carbonyl (C=O) groups excluding carboxylic acids is 3. The number of nitriles is 1. The molecule has 0 bridgehead atoms. The van der Waals surface area contributed by atoms with E-state index in [9.17, 15) is 19.6 Å². The van der Waals surface area contributed by atoms with Gasteiger partial charge in [-0.15, -0.1) is 11.3 Å². The number of hydrogen-bond acceptors (Lipinski definition) is 6. The molecule has 1 aromatic carbocycles. The Balaban J connectivity index is 1.95. The van der Waals surface area contributed by atoms with E-state index in [1.165, 1.54) is 23.5 Å². The fraction of sp³-hybridized carbons (Fsp3) is 0.300. The maximum atomic E-state index is 12.2. The van der Waals surface area contributed by atoms with Crippen LogP contribution < -0.4 is 10.6 Å². The van der Waals surface area contributed by atoms with Crippen LogP contribution in [0.25, 0.3) is 0 Å². The van der Waals surface area contributed by atoms with Crippen molar-refractivity contribution < 1.29 is 19.1 Å². The predicted molar refractivity (Wildman–Crippen MR) is 106 cm³/mol. The van der Waals surface area contributed by atoms with E-state index in [4.69, 9.17) is 4.74 Å². The summed E-state index contributed by atoms with van der Waals surface area (Å²) in [7, 11) is 0. The Labute approximate surface area is 167 Å². The highest BCUT2D eigenvalue weighted by molar-refractivity contribution is 7.12. The minimum absolute atomic E-state index is 0.110. The fourth-order valence-electron chi connectivity index (χ4n) is 2.17. The van der Waals surface area contributed by atoms with Crippen molar-refractivity contribution in [2.75, 3.05) is 11.9 Å². The number of carbonyl (C=O) groups is 3. The summed E-state index contributed by atoms with van der Waals surface area (Å²) in [5, 5.41) is 16.3. The Morgan fingerprint density at radius 1 is 1.25 bits per heavy atom. The predicted octanol–water partition coefficient (Wildman–Crippen LogP) is 3.21. The Hall–Kier alpha value is -3.18. The molecule has 0 fully saturated rings. The highest BCUT2D eigenvalue weighted by Gasteiger charge is 2.30. The van der Waals surface area contributed by atoms with Gasteiger partial charge in [-0.2, -0.15) is 5.26 Å². The average molecular weight is 399 g/mol. The Morgan fingerprint density at radius 2 is 2.00 bits per heavy atom. The lowest BCUT2D eigenvalue weighted by Crippen LogP contribution is -2.50. The quantitative estimate of drug-likeness (QED) is 0.695. The number of anilines is 1. The zero-order valence-electron chi connectivity index (χ0n) is 15.8. The Bertz CT molecular complexity index is 902. The Kier molecular flexibility index (Phi) is 6.90. The number of rotatable bonds is 7. The molecule has 1 atom stereocenters. The first-order valence-electron chi connectivity index (χ1n) is 8.59. The summed E-state index contributed by atoms with van der Waals surface area (Å²) in [6.07, 6.45) is 0. The number of nitrogens with one attached hydrogen (secondary N) is 2. The van der Waals surface area contributed by atoms with Crippen LogP contribution in [0.4, 0.5) is 5.69 Å². The molecule has 2 aromatic rings. The maximum absolute atomic E-state index is 12.2. The van der Waals surface area contributed by atoms with E-state index in [0.29, 0.717) is 10.6 Å². The molecule has 0 spiro atoms. The van der Waals surface area contributed by atoms with Crippen LogP contribution in [0.15, 0.2) is 41.8 Å². The molecule has 1 heterocycles. The molecule has 2 N–H and O–H groups in total. The second-order valence-corrected chi connectivity index (χ2v) is 7.55. The molecular formula is C20H21N3O4S. The van der Waals surface area contributed by atoms with Gasteiger partial charge in [-0.25, -0.2) is 4.79 Å². The van der Waals surface area contributed by atoms with E-state index < -0.39 is 24.0 Å². The summed E-state index contributed by atoms with van der Waals surface area (Å²) in [5.41, 5.74) is -0.409. The average Bonchev–Trinajstić information content (AvgIpc) is 3.21. The van der Waals surface area contributed by atoms with E-state index in [-0.39, 0.29) is 17.4 Å². The third kappa shape index (κ3) is 5.41. The zero-order valence-corrected chi connectivity index (χ0v) is 16.6. The van der Waals surface area contributed by atoms with Crippen LogP contribution >= 0.6 is 11.3 Å². The Morgan fingerprint density at radius 3 is 2.61 bits per heavy atom. The van der Waals surface area contributed by atoms with E-state index in [2.05, 4.69) is 16.7 Å². The molecule has 1 aromatic heterocycles. The molecule has 0 radical (unpaired) electrons. The molecule has 0 saturated heterocycles. The van der Waals surface area contributed by atoms with Crippen LogP contribution in [-0.2, 0) is 9.53 Å². The van der Waals surface area contributed by atoms with Crippen molar-refractivity contribution in [1.82, 2.24) is 5.32 Å². The standard InChI is InChI=1S/C20H21N3O4S/c1-13(2)20(3,12-21)23-17(24)11-27-19(26)14-6-4-7-15(10-14)22-18(25)16-8-5-9-28-16/h4-10,13H,11H2,1-3H3,(H,22,25)(H,23,24)/t20-/m1/s1. The largest absolute Gasteiger partial charge is 0.452 e. The van der Waals surface area contributed by atoms with Crippen molar-refractivity contribution in [3.05, 3.63) is 52.2 Å². The van der Waals surface area contributed by atoms with Crippen molar-refractivity contribution in [1.29, 1.82) is 5.26 Å². The fourth-order valence-corrected chi connectivity index (χ4v) is 2.78. The second-order valence-electron chi connectivity index (χ2n) is 6.61. The lowest BCUT2D eigenvalue weighted by atomic mass is 9.90. The summed E-state index contributed by atoms with van der Waals surface area (Å²) in [4.78, 5) is 36.9. The number of hydrogen-bond donors (Lipinski definition) is 2. The van der Waals surface area contributed by atoms with Gasteiger partial charge in [0.1, 0.15) is 5.54 Å². The number of ether oxygens (including phenoxy) is 1. The van der Waals surface area contributed by atoms with Crippen molar-refractivity contribution in [3.8, 4) is 6.07 Å². The number of nitrogens with zero attached hydrogens (tertiary/aromatic N) is 1. The molecular weight excluding hydrogens is 378 g/mol. The third-order valence-corrected chi connectivity index (χ3v) is 5.09. The van der Waals surface area contributed by atoms with Gasteiger partial charge in [0, 0.05) is 5.69 Å². The highest BCUT2D eigenvalue weighted by Crippen LogP contribution is 2.16. The number of benzene rings is 1. The van der Waals surface area contributed by atoms with Crippen LogP contribution in [0, 0.1) is 17.2 Å². The number of amides is 2. The normalized spacial score (nSPS) is 12.5. The summed E-state index contributed by atoms with van der Waals surface area (Å²) in [5.74, 6) is -1.65. The molecule has 146 valence electrons. The number of esters is 1. The van der Waals surface area contributed by atoms with Gasteiger partial charge in [-0.05, 0) is 42.5 Å². The molecule has 8 heteroatoms. The van der Waals surface area contributed by atoms with E-state index >= 15 is 0 Å². The second kappa shape index (κ2) is 9.15. The molecule has 0 aliphatic heterocycles. The van der Waals surface area contributed by atoms with E-state index in [1.807, 2.05) is 13.8 Å². The molecule has 7 nitrogen and oxygen atoms in total. The van der Waals surface area contributed by atoms with Crippen molar-refractivity contribution >= 4 is 34.8 Å². The van der Waals surface area contributed by atoms with Crippen molar-refractivity contribution in [2.24, 2.45) is 5.92 Å². The van der Waals surface area contributed by atoms with Crippen molar-refractivity contribution in [2.45, 2.75) is 26.3 Å². The number of thiophene rings is 1. The first-order chi connectivity index (χ1) is 13.2. The van der Waals surface area contributed by atoms with Gasteiger partial charge in [0.15, 0.2) is 6.61 Å². The summed E-state index contributed by atoms with van der Waals surface area (Å²) < 4.78 is 5.02. The first kappa shape index (κ1) is 21.1. The van der Waals surface area contributed by atoms with Gasteiger partial charge >= 0.3 is 5.97 Å². The third-order valence-electron chi connectivity index (χ3n) is 4.22. The van der Waals surface area contributed by atoms with Crippen LogP contribution in [0.5, 0.6) is 0 Å². The minimum Gasteiger partial charge on any atom is -0.452 e. The molecule has 28 heavy (non-hydrogen) atoms. The molecule has 0 aliphatic rings. The monoisotopic (exact) mass is 399 g/mol. The molecule has 2 rings (SSSR count). The zero-order chi connectivity index (χ0) is 20.7. The van der Waals surface area contributed by atoms with Crippen LogP contribution in [-0.4, -0.2) is 29.9 Å². The van der Waals surface area contributed by atoms with Crippen LogP contribution in [0.3, 0.4) is 0 Å². The van der Waals surface area contributed by atoms with Gasteiger partial charge in [0.25, 0.3) is 11.8 Å². The van der Waals surface area contributed by atoms with Gasteiger partial charge in [-0.3, -0.25) is 9.59 Å². The highest BCUT2D eigenvalue weighted by atomic mass is 32.1. The van der Waals surface area contributed by atoms with Gasteiger partial charge in [0.2, 0.25) is 0 Å². The SMILES string of the molecule is CC(C)[C@@](C)(C#N)NC(=O)COC(=O)c1cccc(NC(=O)c2cccs2)c1. The molecule has 0 aliphatic carbocycles. The van der Waals surface area contributed by atoms with E-state index in [0.717, 1.165) is 0 Å². The summed E-state index contributed by atoms with van der Waals surface area (Å²) >= 11 is 1.31. The van der Waals surface area contributed by atoms with Gasteiger partial charge < -0.3 is 15.4 Å². The topological polar surface area (TPSA) is 108 Å². The first-order valence-corrected chi connectivity index (χ1v) is 9.47. The lowest BCUT2D eigenvalue weighted by Gasteiger charge is -2.27. The van der Waals surface area contributed by atoms with E-state index in [1.54, 1.807) is 36.6 Å².